The Bertz CT molecular complexity index is 573. The Hall–Kier alpha value is -0.990. The van der Waals surface area contributed by atoms with E-state index in [1.165, 1.54) is 0 Å². The van der Waals surface area contributed by atoms with Gasteiger partial charge in [-0.2, -0.15) is 0 Å². The van der Waals surface area contributed by atoms with Crippen molar-refractivity contribution in [1.29, 1.82) is 0 Å². The number of fused-ring (bicyclic) bond motifs is 1. The van der Waals surface area contributed by atoms with E-state index in [0.29, 0.717) is 0 Å². The van der Waals surface area contributed by atoms with Gasteiger partial charge in [0.1, 0.15) is 11.3 Å². The van der Waals surface area contributed by atoms with Crippen molar-refractivity contribution in [3.05, 3.63) is 35.0 Å². The summed E-state index contributed by atoms with van der Waals surface area (Å²) in [5.41, 5.74) is 1.05. The monoisotopic (exact) mass is 293 g/mol. The van der Waals surface area contributed by atoms with E-state index >= 15 is 0 Å². The summed E-state index contributed by atoms with van der Waals surface area (Å²) in [6.07, 6.45) is 2.20. The highest BCUT2D eigenvalue weighted by Crippen LogP contribution is 2.38. The molecular weight excluding hydrogens is 270 g/mol. The fourth-order valence-electron chi connectivity index (χ4n) is 2.43. The van der Waals surface area contributed by atoms with E-state index in [0.717, 1.165) is 41.1 Å². The predicted octanol–water partition coefficient (Wildman–Crippen LogP) is 5.56. The molecule has 0 saturated carbocycles. The van der Waals surface area contributed by atoms with Crippen LogP contribution in [-0.2, 0) is 0 Å². The molecule has 0 amide bonds. The molecule has 1 N–H and O–H groups in total. The van der Waals surface area contributed by atoms with Crippen LogP contribution in [0.1, 0.15) is 52.3 Å². The van der Waals surface area contributed by atoms with E-state index in [2.05, 4.69) is 39.1 Å². The third-order valence-corrected chi connectivity index (χ3v) is 4.31. The van der Waals surface area contributed by atoms with Crippen molar-refractivity contribution in [2.75, 3.05) is 6.54 Å². The van der Waals surface area contributed by atoms with Gasteiger partial charge in [0, 0.05) is 10.4 Å². The summed E-state index contributed by atoms with van der Waals surface area (Å²) in [4.78, 5) is 0. The van der Waals surface area contributed by atoms with Crippen LogP contribution in [0.3, 0.4) is 0 Å². The van der Waals surface area contributed by atoms with Crippen LogP contribution in [0, 0.1) is 5.41 Å². The van der Waals surface area contributed by atoms with Gasteiger partial charge in [0.15, 0.2) is 0 Å². The largest absolute Gasteiger partial charge is 0.459 e. The lowest BCUT2D eigenvalue weighted by molar-refractivity contribution is 0.209. The summed E-state index contributed by atoms with van der Waals surface area (Å²) in [7, 11) is 0. The number of furan rings is 1. The maximum absolute atomic E-state index is 6.05. The van der Waals surface area contributed by atoms with Gasteiger partial charge in [-0.3, -0.25) is 0 Å². The second kappa shape index (κ2) is 6.19. The van der Waals surface area contributed by atoms with Gasteiger partial charge < -0.3 is 9.73 Å². The topological polar surface area (TPSA) is 25.2 Å². The Kier molecular flexibility index (Phi) is 4.77. The highest BCUT2D eigenvalue weighted by atomic mass is 35.5. The van der Waals surface area contributed by atoms with Crippen molar-refractivity contribution >= 4 is 22.6 Å². The summed E-state index contributed by atoms with van der Waals surface area (Å²) in [6, 6.07) is 8.11. The molecule has 3 heteroatoms. The van der Waals surface area contributed by atoms with Crippen molar-refractivity contribution < 1.29 is 4.42 Å². The standard InChI is InChI=1S/C17H24ClNO/c1-5-9-19-16(17(3,4)6-2)15-11-12-10-13(18)7-8-14(12)20-15/h7-8,10-11,16,19H,5-6,9H2,1-4H3. The summed E-state index contributed by atoms with van der Waals surface area (Å²) >= 11 is 6.05. The van der Waals surface area contributed by atoms with Gasteiger partial charge in [0.05, 0.1) is 6.04 Å². The Labute approximate surface area is 126 Å². The van der Waals surface area contributed by atoms with Gasteiger partial charge in [-0.1, -0.05) is 39.3 Å². The van der Waals surface area contributed by atoms with Gasteiger partial charge >= 0.3 is 0 Å². The number of halogens is 1. The lowest BCUT2D eigenvalue weighted by Crippen LogP contribution is -2.34. The maximum Gasteiger partial charge on any atom is 0.134 e. The van der Waals surface area contributed by atoms with E-state index in [9.17, 15) is 0 Å². The number of rotatable bonds is 6. The normalized spacial score (nSPS) is 13.8. The third-order valence-electron chi connectivity index (χ3n) is 4.07. The molecule has 2 aromatic rings. The first-order valence-corrected chi connectivity index (χ1v) is 7.78. The number of nitrogens with one attached hydrogen (secondary N) is 1. The highest BCUT2D eigenvalue weighted by Gasteiger charge is 2.31. The average Bonchev–Trinajstić information content (AvgIpc) is 2.81. The fraction of sp³-hybridized carbons (Fsp3) is 0.529. The summed E-state index contributed by atoms with van der Waals surface area (Å²) < 4.78 is 6.05. The lowest BCUT2D eigenvalue weighted by atomic mass is 9.80. The first-order chi connectivity index (χ1) is 9.47. The Morgan fingerprint density at radius 3 is 2.65 bits per heavy atom. The molecule has 1 atom stereocenters. The Morgan fingerprint density at radius 1 is 1.25 bits per heavy atom. The zero-order valence-electron chi connectivity index (χ0n) is 12.8. The van der Waals surface area contributed by atoms with Gasteiger partial charge in [-0.05, 0) is 49.1 Å². The van der Waals surface area contributed by atoms with E-state index < -0.39 is 0 Å². The average molecular weight is 294 g/mol. The zero-order chi connectivity index (χ0) is 14.8. The Balaban J connectivity index is 2.39. The molecule has 0 saturated heterocycles. The maximum atomic E-state index is 6.05. The second-order valence-electron chi connectivity index (χ2n) is 6.06. The molecule has 2 nitrogen and oxygen atoms in total. The predicted molar refractivity (Wildman–Crippen MR) is 86.3 cm³/mol. The summed E-state index contributed by atoms with van der Waals surface area (Å²) in [6.45, 7) is 9.95. The molecule has 1 heterocycles. The molecule has 0 spiro atoms. The minimum atomic E-state index is 0.146. The molecule has 1 aromatic carbocycles. The van der Waals surface area contributed by atoms with E-state index in [1.807, 2.05) is 18.2 Å². The lowest BCUT2D eigenvalue weighted by Gasteiger charge is -2.32. The summed E-state index contributed by atoms with van der Waals surface area (Å²) in [5, 5.41) is 5.45. The molecule has 20 heavy (non-hydrogen) atoms. The first-order valence-electron chi connectivity index (χ1n) is 7.40. The van der Waals surface area contributed by atoms with Crippen LogP contribution >= 0.6 is 11.6 Å². The van der Waals surface area contributed by atoms with Crippen molar-refractivity contribution in [1.82, 2.24) is 5.32 Å². The first kappa shape index (κ1) is 15.4. The molecule has 110 valence electrons. The SMILES string of the molecule is CCCNC(c1cc2cc(Cl)ccc2o1)C(C)(C)CC. The van der Waals surface area contributed by atoms with Crippen molar-refractivity contribution in [3.8, 4) is 0 Å². The van der Waals surface area contributed by atoms with Crippen LogP contribution in [0.15, 0.2) is 28.7 Å². The van der Waals surface area contributed by atoms with E-state index in [1.54, 1.807) is 0 Å². The van der Waals surface area contributed by atoms with E-state index in [-0.39, 0.29) is 11.5 Å². The van der Waals surface area contributed by atoms with Crippen molar-refractivity contribution in [2.45, 2.75) is 46.6 Å². The van der Waals surface area contributed by atoms with Crippen LogP contribution in [-0.4, -0.2) is 6.54 Å². The molecule has 1 unspecified atom stereocenters. The minimum Gasteiger partial charge on any atom is -0.459 e. The smallest absolute Gasteiger partial charge is 0.134 e. The highest BCUT2D eigenvalue weighted by molar-refractivity contribution is 6.31. The van der Waals surface area contributed by atoms with Gasteiger partial charge in [-0.25, -0.2) is 0 Å². The van der Waals surface area contributed by atoms with Crippen molar-refractivity contribution in [3.63, 3.8) is 0 Å². The van der Waals surface area contributed by atoms with Gasteiger partial charge in [0.25, 0.3) is 0 Å². The number of hydrogen-bond acceptors (Lipinski definition) is 2. The molecule has 0 fully saturated rings. The number of hydrogen-bond donors (Lipinski definition) is 1. The minimum absolute atomic E-state index is 0.146. The molecular formula is C17H24ClNO. The van der Waals surface area contributed by atoms with Gasteiger partial charge in [-0.15, -0.1) is 0 Å². The van der Waals surface area contributed by atoms with Crippen molar-refractivity contribution in [2.24, 2.45) is 5.41 Å². The fourth-order valence-corrected chi connectivity index (χ4v) is 2.61. The quantitative estimate of drug-likeness (QED) is 0.754. The second-order valence-corrected chi connectivity index (χ2v) is 6.50. The van der Waals surface area contributed by atoms with Crippen LogP contribution in [0.25, 0.3) is 11.0 Å². The van der Waals surface area contributed by atoms with Crippen LogP contribution < -0.4 is 5.32 Å². The molecule has 0 aliphatic rings. The van der Waals surface area contributed by atoms with Crippen LogP contribution in [0.5, 0.6) is 0 Å². The molecule has 2 rings (SSSR count). The molecule has 0 bridgehead atoms. The van der Waals surface area contributed by atoms with Crippen LogP contribution in [0.2, 0.25) is 5.02 Å². The van der Waals surface area contributed by atoms with E-state index in [4.69, 9.17) is 16.0 Å². The molecule has 0 radical (unpaired) electrons. The molecule has 0 aliphatic carbocycles. The van der Waals surface area contributed by atoms with Gasteiger partial charge in [0.2, 0.25) is 0 Å². The van der Waals surface area contributed by atoms with Crippen LogP contribution in [0.4, 0.5) is 0 Å². The molecule has 1 aromatic heterocycles. The summed E-state index contributed by atoms with van der Waals surface area (Å²) in [5.74, 6) is 1.00. The number of benzene rings is 1. The third kappa shape index (κ3) is 3.18. The Morgan fingerprint density at radius 2 is 2.00 bits per heavy atom. The molecule has 0 aliphatic heterocycles. The zero-order valence-corrected chi connectivity index (χ0v) is 13.6.